The average molecular weight is 379 g/mol. The van der Waals surface area contributed by atoms with Crippen LogP contribution >= 0.6 is 23.2 Å². The molecule has 3 amide bonds. The standard InChI is InChI=1S/C17H16Cl2N4O2/c18-13-8-12(9-14(19)10-13)16(24)22-4-6-23(7-5-22)17(25)21-15-2-1-3-20-11-15/h1-3,8-11H,4-7H2,(H,21,25). The lowest BCUT2D eigenvalue weighted by Gasteiger charge is -2.34. The third-order valence-corrected chi connectivity index (χ3v) is 4.31. The lowest BCUT2D eigenvalue weighted by atomic mass is 10.2. The first-order chi connectivity index (χ1) is 12.0. The normalized spacial score (nSPS) is 14.3. The fourth-order valence-corrected chi connectivity index (χ4v) is 3.14. The van der Waals surface area contributed by atoms with Gasteiger partial charge in [0.05, 0.1) is 11.9 Å². The number of carbonyl (C=O) groups excluding carboxylic acids is 2. The highest BCUT2D eigenvalue weighted by Gasteiger charge is 2.25. The molecule has 1 aromatic heterocycles. The van der Waals surface area contributed by atoms with E-state index in [1.54, 1.807) is 52.5 Å². The van der Waals surface area contributed by atoms with Crippen LogP contribution in [0.2, 0.25) is 10.0 Å². The fraction of sp³-hybridized carbons (Fsp3) is 0.235. The molecule has 2 heterocycles. The van der Waals surface area contributed by atoms with Gasteiger partial charge in [-0.25, -0.2) is 4.79 Å². The molecule has 3 rings (SSSR count). The van der Waals surface area contributed by atoms with Gasteiger partial charge in [-0.2, -0.15) is 0 Å². The summed E-state index contributed by atoms with van der Waals surface area (Å²) in [6.07, 6.45) is 3.22. The molecule has 0 atom stereocenters. The van der Waals surface area contributed by atoms with Crippen molar-refractivity contribution in [2.75, 3.05) is 31.5 Å². The molecule has 0 unspecified atom stereocenters. The molecule has 1 N–H and O–H groups in total. The van der Waals surface area contributed by atoms with E-state index < -0.39 is 0 Å². The Morgan fingerprint density at radius 3 is 2.24 bits per heavy atom. The monoisotopic (exact) mass is 378 g/mol. The highest BCUT2D eigenvalue weighted by atomic mass is 35.5. The minimum absolute atomic E-state index is 0.142. The summed E-state index contributed by atoms with van der Waals surface area (Å²) in [6.45, 7) is 1.80. The highest BCUT2D eigenvalue weighted by molar-refractivity contribution is 6.35. The van der Waals surface area contributed by atoms with Crippen molar-refractivity contribution in [1.82, 2.24) is 14.8 Å². The zero-order valence-corrected chi connectivity index (χ0v) is 14.8. The summed E-state index contributed by atoms with van der Waals surface area (Å²) in [5.74, 6) is -0.142. The largest absolute Gasteiger partial charge is 0.335 e. The number of aromatic nitrogens is 1. The van der Waals surface area contributed by atoms with Crippen LogP contribution < -0.4 is 5.32 Å². The quantitative estimate of drug-likeness (QED) is 0.870. The molecule has 6 nitrogen and oxygen atoms in total. The van der Waals surface area contributed by atoms with E-state index in [1.165, 1.54) is 0 Å². The molecule has 1 fully saturated rings. The van der Waals surface area contributed by atoms with Crippen molar-refractivity contribution in [2.45, 2.75) is 0 Å². The van der Waals surface area contributed by atoms with Crippen LogP contribution in [0.15, 0.2) is 42.7 Å². The number of halogens is 2. The Kier molecular flexibility index (Phi) is 5.40. The van der Waals surface area contributed by atoms with Gasteiger partial charge in [0.2, 0.25) is 0 Å². The molecule has 2 aromatic rings. The minimum atomic E-state index is -0.203. The average Bonchev–Trinajstić information content (AvgIpc) is 2.61. The van der Waals surface area contributed by atoms with Crippen molar-refractivity contribution in [3.05, 3.63) is 58.3 Å². The van der Waals surface area contributed by atoms with Crippen LogP contribution in [0.5, 0.6) is 0 Å². The molecule has 1 aliphatic heterocycles. The molecule has 0 radical (unpaired) electrons. The van der Waals surface area contributed by atoms with Crippen molar-refractivity contribution >= 4 is 40.8 Å². The number of urea groups is 1. The van der Waals surface area contributed by atoms with Gasteiger partial charge in [-0.1, -0.05) is 23.2 Å². The number of amides is 3. The van der Waals surface area contributed by atoms with E-state index >= 15 is 0 Å². The van der Waals surface area contributed by atoms with Gasteiger partial charge in [-0.05, 0) is 30.3 Å². The minimum Gasteiger partial charge on any atom is -0.335 e. The van der Waals surface area contributed by atoms with Crippen molar-refractivity contribution < 1.29 is 9.59 Å². The first-order valence-corrected chi connectivity index (χ1v) is 8.50. The van der Waals surface area contributed by atoms with E-state index in [1.807, 2.05) is 0 Å². The maximum Gasteiger partial charge on any atom is 0.322 e. The highest BCUT2D eigenvalue weighted by Crippen LogP contribution is 2.20. The Hall–Kier alpha value is -2.31. The number of rotatable bonds is 2. The molecule has 130 valence electrons. The van der Waals surface area contributed by atoms with E-state index in [-0.39, 0.29) is 11.9 Å². The first-order valence-electron chi connectivity index (χ1n) is 7.74. The third-order valence-electron chi connectivity index (χ3n) is 3.88. The van der Waals surface area contributed by atoms with Crippen LogP contribution in [0.3, 0.4) is 0 Å². The number of carbonyl (C=O) groups is 2. The topological polar surface area (TPSA) is 65.5 Å². The second kappa shape index (κ2) is 7.72. The molecule has 0 aliphatic carbocycles. The number of nitrogens with zero attached hydrogens (tertiary/aromatic N) is 3. The van der Waals surface area contributed by atoms with E-state index in [0.29, 0.717) is 47.5 Å². The maximum absolute atomic E-state index is 12.6. The summed E-state index contributed by atoms with van der Waals surface area (Å²) in [6, 6.07) is 8.09. The zero-order chi connectivity index (χ0) is 17.8. The zero-order valence-electron chi connectivity index (χ0n) is 13.3. The predicted octanol–water partition coefficient (Wildman–Crippen LogP) is 3.38. The van der Waals surface area contributed by atoms with Crippen LogP contribution in [-0.4, -0.2) is 52.9 Å². The van der Waals surface area contributed by atoms with Gasteiger partial charge >= 0.3 is 6.03 Å². The van der Waals surface area contributed by atoms with Crippen molar-refractivity contribution in [2.24, 2.45) is 0 Å². The van der Waals surface area contributed by atoms with Crippen LogP contribution in [-0.2, 0) is 0 Å². The van der Waals surface area contributed by atoms with Gasteiger partial charge in [-0.15, -0.1) is 0 Å². The third kappa shape index (κ3) is 4.41. The number of hydrogen-bond donors (Lipinski definition) is 1. The number of anilines is 1. The van der Waals surface area contributed by atoms with Gasteiger partial charge < -0.3 is 15.1 Å². The second-order valence-corrected chi connectivity index (χ2v) is 6.48. The Morgan fingerprint density at radius 1 is 1.00 bits per heavy atom. The van der Waals surface area contributed by atoms with Crippen LogP contribution in [0, 0.1) is 0 Å². The predicted molar refractivity (Wildman–Crippen MR) is 97.2 cm³/mol. The molecular formula is C17H16Cl2N4O2. The molecular weight excluding hydrogens is 363 g/mol. The molecule has 25 heavy (non-hydrogen) atoms. The number of benzene rings is 1. The van der Waals surface area contributed by atoms with Crippen LogP contribution in [0.4, 0.5) is 10.5 Å². The Bertz CT molecular complexity index is 757. The smallest absolute Gasteiger partial charge is 0.322 e. The van der Waals surface area contributed by atoms with Gasteiger partial charge in [0.15, 0.2) is 0 Å². The van der Waals surface area contributed by atoms with Crippen LogP contribution in [0.1, 0.15) is 10.4 Å². The number of hydrogen-bond acceptors (Lipinski definition) is 3. The molecule has 8 heteroatoms. The first kappa shape index (κ1) is 17.5. The second-order valence-electron chi connectivity index (χ2n) is 5.61. The molecule has 1 saturated heterocycles. The van der Waals surface area contributed by atoms with Gasteiger partial charge in [-0.3, -0.25) is 9.78 Å². The Morgan fingerprint density at radius 2 is 1.64 bits per heavy atom. The molecule has 0 saturated carbocycles. The van der Waals surface area contributed by atoms with Crippen molar-refractivity contribution in [1.29, 1.82) is 0 Å². The Balaban J connectivity index is 1.58. The summed E-state index contributed by atoms with van der Waals surface area (Å²) in [5.41, 5.74) is 1.09. The van der Waals surface area contributed by atoms with E-state index in [9.17, 15) is 9.59 Å². The lowest BCUT2D eigenvalue weighted by molar-refractivity contribution is 0.0671. The SMILES string of the molecule is O=C(Nc1cccnc1)N1CCN(C(=O)c2cc(Cl)cc(Cl)c2)CC1. The lowest BCUT2D eigenvalue weighted by Crippen LogP contribution is -2.51. The molecule has 1 aliphatic rings. The fourth-order valence-electron chi connectivity index (χ4n) is 2.61. The maximum atomic E-state index is 12.6. The molecule has 0 spiro atoms. The Labute approximate surface area is 155 Å². The summed E-state index contributed by atoms with van der Waals surface area (Å²) in [5, 5.41) is 3.63. The van der Waals surface area contributed by atoms with Crippen molar-refractivity contribution in [3.63, 3.8) is 0 Å². The summed E-state index contributed by atoms with van der Waals surface area (Å²) < 4.78 is 0. The van der Waals surface area contributed by atoms with Gasteiger partial charge in [0.25, 0.3) is 5.91 Å². The van der Waals surface area contributed by atoms with E-state index in [2.05, 4.69) is 10.3 Å². The van der Waals surface area contributed by atoms with Crippen molar-refractivity contribution in [3.8, 4) is 0 Å². The van der Waals surface area contributed by atoms with Gasteiger partial charge in [0, 0.05) is 48.0 Å². The van der Waals surface area contributed by atoms with E-state index in [0.717, 1.165) is 0 Å². The molecule has 0 bridgehead atoms. The number of nitrogens with one attached hydrogen (secondary N) is 1. The van der Waals surface area contributed by atoms with E-state index in [4.69, 9.17) is 23.2 Å². The van der Waals surface area contributed by atoms with Crippen LogP contribution in [0.25, 0.3) is 0 Å². The van der Waals surface area contributed by atoms with Gasteiger partial charge in [0.1, 0.15) is 0 Å². The summed E-state index contributed by atoms with van der Waals surface area (Å²) >= 11 is 11.9. The number of piperazine rings is 1. The summed E-state index contributed by atoms with van der Waals surface area (Å²) in [4.78, 5) is 32.1. The summed E-state index contributed by atoms with van der Waals surface area (Å²) in [7, 11) is 0. The molecule has 1 aromatic carbocycles. The number of pyridine rings is 1.